The van der Waals surface area contributed by atoms with Gasteiger partial charge in [-0.05, 0) is 26.2 Å². The van der Waals surface area contributed by atoms with Crippen LogP contribution in [0.4, 0.5) is 9.18 Å². The lowest BCUT2D eigenvalue weighted by Gasteiger charge is -2.24. The standard InChI is InChI=1S/C11H21FN2O2/c1-2-14(9-10-5-3-8-16-10)11(15)13-7-4-6-12/h10H,2-9H2,1H3,(H,13,15)/t10-/m0/s1. The van der Waals surface area contributed by atoms with Crippen molar-refractivity contribution in [2.45, 2.75) is 32.3 Å². The third-order valence-electron chi connectivity index (χ3n) is 2.70. The molecule has 0 spiro atoms. The Labute approximate surface area is 96.1 Å². The van der Waals surface area contributed by atoms with Crippen molar-refractivity contribution in [3.8, 4) is 0 Å². The van der Waals surface area contributed by atoms with E-state index >= 15 is 0 Å². The first-order valence-electron chi connectivity index (χ1n) is 5.98. The van der Waals surface area contributed by atoms with Crippen LogP contribution in [0.1, 0.15) is 26.2 Å². The number of nitrogens with zero attached hydrogens (tertiary/aromatic N) is 1. The highest BCUT2D eigenvalue weighted by molar-refractivity contribution is 5.74. The Morgan fingerprint density at radius 2 is 2.44 bits per heavy atom. The number of hydrogen-bond acceptors (Lipinski definition) is 2. The van der Waals surface area contributed by atoms with E-state index < -0.39 is 6.67 Å². The summed E-state index contributed by atoms with van der Waals surface area (Å²) in [6.45, 7) is 4.03. The summed E-state index contributed by atoms with van der Waals surface area (Å²) in [4.78, 5) is 13.4. The molecule has 0 unspecified atom stereocenters. The van der Waals surface area contributed by atoms with Crippen LogP contribution in [0.3, 0.4) is 0 Å². The van der Waals surface area contributed by atoms with Crippen molar-refractivity contribution in [1.29, 1.82) is 0 Å². The summed E-state index contributed by atoms with van der Waals surface area (Å²) >= 11 is 0. The largest absolute Gasteiger partial charge is 0.376 e. The number of carbonyl (C=O) groups excluding carboxylic acids is 1. The number of alkyl halides is 1. The molecular formula is C11H21FN2O2. The highest BCUT2D eigenvalue weighted by atomic mass is 19.1. The number of ether oxygens (including phenoxy) is 1. The SMILES string of the molecule is CCN(C[C@@H]1CCCO1)C(=O)NCCCF. The van der Waals surface area contributed by atoms with E-state index in [2.05, 4.69) is 5.32 Å². The second-order valence-corrected chi connectivity index (χ2v) is 3.95. The molecule has 0 saturated carbocycles. The fourth-order valence-corrected chi connectivity index (χ4v) is 1.76. The van der Waals surface area contributed by atoms with Crippen molar-refractivity contribution in [1.82, 2.24) is 10.2 Å². The molecule has 4 nitrogen and oxygen atoms in total. The quantitative estimate of drug-likeness (QED) is 0.706. The number of likely N-dealkylation sites (N-methyl/N-ethyl adjacent to an activating group) is 1. The molecule has 1 aliphatic heterocycles. The molecule has 1 heterocycles. The topological polar surface area (TPSA) is 41.6 Å². The van der Waals surface area contributed by atoms with Gasteiger partial charge in [0.05, 0.1) is 12.8 Å². The van der Waals surface area contributed by atoms with Crippen molar-refractivity contribution >= 4 is 6.03 Å². The molecule has 16 heavy (non-hydrogen) atoms. The molecule has 1 rings (SSSR count). The van der Waals surface area contributed by atoms with Crippen molar-refractivity contribution in [3.63, 3.8) is 0 Å². The first kappa shape index (κ1) is 13.2. The first-order chi connectivity index (χ1) is 7.77. The average molecular weight is 232 g/mol. The van der Waals surface area contributed by atoms with E-state index in [1.165, 1.54) is 0 Å². The maximum atomic E-state index is 11.9. The Morgan fingerprint density at radius 1 is 1.62 bits per heavy atom. The molecule has 0 aromatic rings. The molecule has 0 radical (unpaired) electrons. The summed E-state index contributed by atoms with van der Waals surface area (Å²) in [6, 6.07) is -0.119. The van der Waals surface area contributed by atoms with Gasteiger partial charge in [-0.25, -0.2) is 4.79 Å². The first-order valence-corrected chi connectivity index (χ1v) is 5.98. The van der Waals surface area contributed by atoms with Crippen LogP contribution >= 0.6 is 0 Å². The van der Waals surface area contributed by atoms with Gasteiger partial charge in [-0.15, -0.1) is 0 Å². The number of amides is 2. The van der Waals surface area contributed by atoms with E-state index in [4.69, 9.17) is 4.74 Å². The molecule has 0 aromatic carbocycles. The van der Waals surface area contributed by atoms with E-state index in [0.29, 0.717) is 26.1 Å². The van der Waals surface area contributed by atoms with Gasteiger partial charge in [0.15, 0.2) is 0 Å². The van der Waals surface area contributed by atoms with Crippen LogP contribution < -0.4 is 5.32 Å². The molecule has 0 aromatic heterocycles. The Morgan fingerprint density at radius 3 is 3.00 bits per heavy atom. The molecule has 1 saturated heterocycles. The summed E-state index contributed by atoms with van der Waals surface area (Å²) in [5, 5.41) is 2.70. The second-order valence-electron chi connectivity index (χ2n) is 3.95. The molecule has 1 N–H and O–H groups in total. The number of carbonyl (C=O) groups is 1. The lowest BCUT2D eigenvalue weighted by atomic mass is 10.2. The average Bonchev–Trinajstić information content (AvgIpc) is 2.78. The van der Waals surface area contributed by atoms with Gasteiger partial charge in [0.1, 0.15) is 0 Å². The van der Waals surface area contributed by atoms with Crippen molar-refractivity contribution in [2.24, 2.45) is 0 Å². The van der Waals surface area contributed by atoms with E-state index in [9.17, 15) is 9.18 Å². The fourth-order valence-electron chi connectivity index (χ4n) is 1.76. The molecular weight excluding hydrogens is 211 g/mol. The molecule has 94 valence electrons. The maximum Gasteiger partial charge on any atom is 0.317 e. The van der Waals surface area contributed by atoms with Crippen molar-refractivity contribution in [2.75, 3.05) is 32.9 Å². The van der Waals surface area contributed by atoms with Crippen molar-refractivity contribution in [3.05, 3.63) is 0 Å². The highest BCUT2D eigenvalue weighted by Gasteiger charge is 2.21. The van der Waals surface area contributed by atoms with Gasteiger partial charge in [-0.3, -0.25) is 4.39 Å². The van der Waals surface area contributed by atoms with Crippen LogP contribution in [-0.4, -0.2) is 50.0 Å². The Hall–Kier alpha value is -0.840. The predicted octanol–water partition coefficient (Wildman–Crippen LogP) is 1.56. The van der Waals surface area contributed by atoms with Gasteiger partial charge in [0.2, 0.25) is 0 Å². The van der Waals surface area contributed by atoms with Gasteiger partial charge in [0.25, 0.3) is 0 Å². The van der Waals surface area contributed by atoms with Crippen LogP contribution in [0.25, 0.3) is 0 Å². The third kappa shape index (κ3) is 4.35. The summed E-state index contributed by atoms with van der Waals surface area (Å²) < 4.78 is 17.3. The van der Waals surface area contributed by atoms with Gasteiger partial charge in [-0.1, -0.05) is 0 Å². The normalized spacial score (nSPS) is 19.8. The third-order valence-corrected chi connectivity index (χ3v) is 2.70. The van der Waals surface area contributed by atoms with Gasteiger partial charge in [-0.2, -0.15) is 0 Å². The Bertz CT molecular complexity index is 208. The van der Waals surface area contributed by atoms with Crippen LogP contribution in [0.5, 0.6) is 0 Å². The smallest absolute Gasteiger partial charge is 0.317 e. The van der Waals surface area contributed by atoms with E-state index in [-0.39, 0.29) is 12.1 Å². The molecule has 0 aliphatic carbocycles. The molecule has 5 heteroatoms. The van der Waals surface area contributed by atoms with Crippen LogP contribution in [0.2, 0.25) is 0 Å². The lowest BCUT2D eigenvalue weighted by Crippen LogP contribution is -2.43. The van der Waals surface area contributed by atoms with E-state index in [1.807, 2.05) is 6.92 Å². The van der Waals surface area contributed by atoms with E-state index in [1.54, 1.807) is 4.90 Å². The summed E-state index contributed by atoms with van der Waals surface area (Å²) in [7, 11) is 0. The molecule has 1 aliphatic rings. The highest BCUT2D eigenvalue weighted by Crippen LogP contribution is 2.13. The zero-order chi connectivity index (χ0) is 11.8. The minimum absolute atomic E-state index is 0.119. The van der Waals surface area contributed by atoms with E-state index in [0.717, 1.165) is 19.4 Å². The zero-order valence-corrected chi connectivity index (χ0v) is 9.88. The predicted molar refractivity (Wildman–Crippen MR) is 60.2 cm³/mol. The van der Waals surface area contributed by atoms with Gasteiger partial charge in [0, 0.05) is 26.2 Å². The number of urea groups is 1. The lowest BCUT2D eigenvalue weighted by molar-refractivity contribution is 0.0826. The Balaban J connectivity index is 2.25. The van der Waals surface area contributed by atoms with Gasteiger partial charge < -0.3 is 15.0 Å². The molecule has 1 atom stereocenters. The summed E-state index contributed by atoms with van der Waals surface area (Å²) in [5.41, 5.74) is 0. The zero-order valence-electron chi connectivity index (χ0n) is 9.88. The minimum Gasteiger partial charge on any atom is -0.376 e. The molecule has 0 bridgehead atoms. The Kier molecular flexibility index (Phi) is 6.15. The fraction of sp³-hybridized carbons (Fsp3) is 0.909. The maximum absolute atomic E-state index is 11.9. The number of hydrogen-bond donors (Lipinski definition) is 1. The molecule has 1 fully saturated rings. The minimum atomic E-state index is -0.391. The van der Waals surface area contributed by atoms with Crippen LogP contribution in [0, 0.1) is 0 Å². The molecule has 2 amide bonds. The van der Waals surface area contributed by atoms with Crippen LogP contribution in [0.15, 0.2) is 0 Å². The van der Waals surface area contributed by atoms with Crippen LogP contribution in [-0.2, 0) is 4.74 Å². The number of rotatable bonds is 6. The monoisotopic (exact) mass is 232 g/mol. The summed E-state index contributed by atoms with van der Waals surface area (Å²) in [6.07, 6.45) is 2.65. The van der Waals surface area contributed by atoms with Gasteiger partial charge >= 0.3 is 6.03 Å². The summed E-state index contributed by atoms with van der Waals surface area (Å²) in [5.74, 6) is 0. The number of nitrogens with one attached hydrogen (secondary N) is 1. The number of halogens is 1. The van der Waals surface area contributed by atoms with Crippen molar-refractivity contribution < 1.29 is 13.9 Å². The second kappa shape index (κ2) is 7.44.